The zero-order chi connectivity index (χ0) is 15.5. The zero-order valence-electron chi connectivity index (χ0n) is 11.0. The Balaban J connectivity index is 2.36. The van der Waals surface area contributed by atoms with Gasteiger partial charge in [0.25, 0.3) is 0 Å². The van der Waals surface area contributed by atoms with Crippen LogP contribution in [-0.2, 0) is 12.6 Å². The van der Waals surface area contributed by atoms with Crippen molar-refractivity contribution >= 4 is 5.78 Å². The Labute approximate surface area is 119 Å². The van der Waals surface area contributed by atoms with Crippen LogP contribution in [0, 0.1) is 0 Å². The molecule has 110 valence electrons. The second kappa shape index (κ2) is 6.05. The van der Waals surface area contributed by atoms with Crippen molar-refractivity contribution in [3.63, 3.8) is 0 Å². The third kappa shape index (κ3) is 3.46. The summed E-state index contributed by atoms with van der Waals surface area (Å²) in [6.07, 6.45) is -1.98. The lowest BCUT2D eigenvalue weighted by atomic mass is 9.99. The molecule has 1 heterocycles. The summed E-state index contributed by atoms with van der Waals surface area (Å²) in [6, 6.07) is 7.17. The highest BCUT2D eigenvalue weighted by atomic mass is 19.4. The number of pyridine rings is 1. The van der Waals surface area contributed by atoms with Crippen LogP contribution in [0.4, 0.5) is 13.2 Å². The summed E-state index contributed by atoms with van der Waals surface area (Å²) in [6.45, 7) is 0.466. The summed E-state index contributed by atoms with van der Waals surface area (Å²) >= 11 is 0. The molecule has 6 heteroatoms. The van der Waals surface area contributed by atoms with Gasteiger partial charge in [0, 0.05) is 18.0 Å². The van der Waals surface area contributed by atoms with Crippen LogP contribution < -0.4 is 5.73 Å². The largest absolute Gasteiger partial charge is 0.417 e. The second-order valence-corrected chi connectivity index (χ2v) is 4.48. The summed E-state index contributed by atoms with van der Waals surface area (Å²) < 4.78 is 38.7. The van der Waals surface area contributed by atoms with Gasteiger partial charge in [0.1, 0.15) is 0 Å². The highest BCUT2D eigenvalue weighted by Crippen LogP contribution is 2.32. The van der Waals surface area contributed by atoms with Gasteiger partial charge in [-0.25, -0.2) is 0 Å². The van der Waals surface area contributed by atoms with Gasteiger partial charge < -0.3 is 5.73 Å². The number of nitrogens with two attached hydrogens (primary N) is 1. The smallest absolute Gasteiger partial charge is 0.330 e. The Kier molecular flexibility index (Phi) is 4.37. The van der Waals surface area contributed by atoms with E-state index >= 15 is 0 Å². The predicted octanol–water partition coefficient (Wildman–Crippen LogP) is 2.83. The first-order valence-electron chi connectivity index (χ1n) is 6.28. The van der Waals surface area contributed by atoms with Gasteiger partial charge >= 0.3 is 6.18 Å². The van der Waals surface area contributed by atoms with E-state index in [1.807, 2.05) is 0 Å². The minimum atomic E-state index is -4.59. The molecule has 0 aliphatic heterocycles. The molecule has 0 unspecified atom stereocenters. The molecule has 21 heavy (non-hydrogen) atoms. The first-order valence-corrected chi connectivity index (χ1v) is 6.28. The first-order chi connectivity index (χ1) is 9.93. The number of rotatable bonds is 4. The van der Waals surface area contributed by atoms with Gasteiger partial charge in [-0.15, -0.1) is 0 Å². The zero-order valence-corrected chi connectivity index (χ0v) is 11.0. The average molecular weight is 294 g/mol. The van der Waals surface area contributed by atoms with Crippen LogP contribution in [0.15, 0.2) is 42.7 Å². The molecule has 0 spiro atoms. The van der Waals surface area contributed by atoms with Gasteiger partial charge in [-0.3, -0.25) is 9.78 Å². The molecule has 0 saturated heterocycles. The van der Waals surface area contributed by atoms with Crippen molar-refractivity contribution in [1.29, 1.82) is 0 Å². The van der Waals surface area contributed by atoms with Gasteiger partial charge in [-0.05, 0) is 24.6 Å². The summed E-state index contributed by atoms with van der Waals surface area (Å²) in [4.78, 5) is 15.8. The van der Waals surface area contributed by atoms with Crippen LogP contribution in [0.5, 0.6) is 0 Å². The van der Waals surface area contributed by atoms with E-state index in [1.165, 1.54) is 12.1 Å². The van der Waals surface area contributed by atoms with E-state index < -0.39 is 23.1 Å². The first kappa shape index (κ1) is 15.2. The molecular weight excluding hydrogens is 281 g/mol. The lowest BCUT2D eigenvalue weighted by Gasteiger charge is -2.11. The Morgan fingerprint density at radius 3 is 2.38 bits per heavy atom. The number of hydrogen-bond acceptors (Lipinski definition) is 3. The van der Waals surface area contributed by atoms with Crippen LogP contribution in [0.1, 0.15) is 27.0 Å². The second-order valence-electron chi connectivity index (χ2n) is 4.48. The van der Waals surface area contributed by atoms with E-state index in [4.69, 9.17) is 5.73 Å². The van der Waals surface area contributed by atoms with E-state index in [2.05, 4.69) is 4.98 Å². The highest BCUT2D eigenvalue weighted by molar-refractivity contribution is 6.09. The number of carbonyl (C=O) groups is 1. The van der Waals surface area contributed by atoms with Crippen molar-refractivity contribution in [2.24, 2.45) is 5.73 Å². The molecule has 0 atom stereocenters. The Morgan fingerprint density at radius 1 is 1.14 bits per heavy atom. The van der Waals surface area contributed by atoms with E-state index in [9.17, 15) is 18.0 Å². The minimum absolute atomic E-state index is 0.189. The maximum absolute atomic E-state index is 12.9. The van der Waals surface area contributed by atoms with Crippen molar-refractivity contribution in [3.8, 4) is 0 Å². The van der Waals surface area contributed by atoms with Gasteiger partial charge in [-0.1, -0.05) is 24.3 Å². The normalized spacial score (nSPS) is 11.4. The van der Waals surface area contributed by atoms with E-state index in [0.29, 0.717) is 13.0 Å². The molecule has 2 N–H and O–H groups in total. The van der Waals surface area contributed by atoms with Crippen molar-refractivity contribution in [1.82, 2.24) is 4.98 Å². The number of benzene rings is 1. The van der Waals surface area contributed by atoms with Crippen LogP contribution in [-0.4, -0.2) is 17.3 Å². The van der Waals surface area contributed by atoms with E-state index in [1.54, 1.807) is 12.1 Å². The van der Waals surface area contributed by atoms with Gasteiger partial charge in [0.15, 0.2) is 5.78 Å². The molecule has 1 aromatic carbocycles. The molecule has 0 fully saturated rings. The van der Waals surface area contributed by atoms with Gasteiger partial charge in [0.05, 0.1) is 11.1 Å². The fraction of sp³-hybridized carbons (Fsp3) is 0.200. The lowest BCUT2D eigenvalue weighted by molar-refractivity contribution is -0.137. The van der Waals surface area contributed by atoms with Crippen molar-refractivity contribution in [2.45, 2.75) is 12.6 Å². The Morgan fingerprint density at radius 2 is 1.81 bits per heavy atom. The third-order valence-corrected chi connectivity index (χ3v) is 3.02. The molecule has 0 saturated carbocycles. The third-order valence-electron chi connectivity index (χ3n) is 3.02. The molecule has 2 rings (SSSR count). The number of ketones is 1. The molecule has 0 amide bonds. The maximum Gasteiger partial charge on any atom is 0.417 e. The Hall–Kier alpha value is -2.21. The fourth-order valence-electron chi connectivity index (χ4n) is 1.97. The molecule has 3 nitrogen and oxygen atoms in total. The topological polar surface area (TPSA) is 56.0 Å². The summed E-state index contributed by atoms with van der Waals surface area (Å²) in [7, 11) is 0. The highest BCUT2D eigenvalue weighted by Gasteiger charge is 2.35. The van der Waals surface area contributed by atoms with E-state index in [-0.39, 0.29) is 5.56 Å². The number of hydrogen-bond donors (Lipinski definition) is 1. The van der Waals surface area contributed by atoms with Crippen LogP contribution in [0.2, 0.25) is 0 Å². The SMILES string of the molecule is NCCc1ccc(C(=O)c2cnccc2C(F)(F)F)cc1. The summed E-state index contributed by atoms with van der Waals surface area (Å²) in [5.41, 5.74) is 5.11. The number of aromatic nitrogens is 1. The molecule has 0 radical (unpaired) electrons. The van der Waals surface area contributed by atoms with Crippen LogP contribution in [0.3, 0.4) is 0 Å². The van der Waals surface area contributed by atoms with Crippen molar-refractivity contribution < 1.29 is 18.0 Å². The van der Waals surface area contributed by atoms with Crippen molar-refractivity contribution in [2.75, 3.05) is 6.54 Å². The molecule has 0 aliphatic carbocycles. The van der Waals surface area contributed by atoms with Crippen LogP contribution in [0.25, 0.3) is 0 Å². The number of halogens is 3. The van der Waals surface area contributed by atoms with Gasteiger partial charge in [0.2, 0.25) is 0 Å². The van der Waals surface area contributed by atoms with E-state index in [0.717, 1.165) is 24.0 Å². The molecule has 1 aromatic heterocycles. The lowest BCUT2D eigenvalue weighted by Crippen LogP contribution is -2.14. The molecule has 0 bridgehead atoms. The summed E-state index contributed by atoms with van der Waals surface area (Å²) in [5.74, 6) is -0.699. The average Bonchev–Trinajstić information content (AvgIpc) is 2.47. The number of nitrogens with zero attached hydrogens (tertiary/aromatic N) is 1. The van der Waals surface area contributed by atoms with Crippen molar-refractivity contribution in [3.05, 3.63) is 65.0 Å². The molecular formula is C15H13F3N2O. The standard InChI is InChI=1S/C15H13F3N2O/c16-15(17,18)13-6-8-20-9-12(13)14(21)11-3-1-10(2-4-11)5-7-19/h1-4,6,8-9H,5,7,19H2. The number of alkyl halides is 3. The minimum Gasteiger partial charge on any atom is -0.330 e. The monoisotopic (exact) mass is 294 g/mol. The van der Waals surface area contributed by atoms with Crippen LogP contribution >= 0.6 is 0 Å². The summed E-state index contributed by atoms with van der Waals surface area (Å²) in [5, 5.41) is 0. The Bertz CT molecular complexity index is 636. The molecule has 0 aliphatic rings. The fourth-order valence-corrected chi connectivity index (χ4v) is 1.97. The van der Waals surface area contributed by atoms with Gasteiger partial charge in [-0.2, -0.15) is 13.2 Å². The quantitative estimate of drug-likeness (QED) is 0.882. The predicted molar refractivity (Wildman–Crippen MR) is 71.9 cm³/mol. The number of carbonyl (C=O) groups excluding carboxylic acids is 1. The maximum atomic E-state index is 12.9. The molecule has 2 aromatic rings.